The van der Waals surface area contributed by atoms with Gasteiger partial charge in [0.25, 0.3) is 0 Å². The predicted molar refractivity (Wildman–Crippen MR) is 71.9 cm³/mol. The van der Waals surface area contributed by atoms with Gasteiger partial charge in [0.15, 0.2) is 0 Å². The number of nitrogens with zero attached hydrogens (tertiary/aromatic N) is 3. The first-order valence-electron chi connectivity index (χ1n) is 7.11. The Bertz CT molecular complexity index is 291. The van der Waals surface area contributed by atoms with Crippen molar-refractivity contribution in [3.8, 4) is 0 Å². The Morgan fingerprint density at radius 3 is 2.65 bits per heavy atom. The van der Waals surface area contributed by atoms with Crippen molar-refractivity contribution in [2.45, 2.75) is 72.3 Å². The summed E-state index contributed by atoms with van der Waals surface area (Å²) in [4.78, 5) is 0. The molecule has 3 heteroatoms. The van der Waals surface area contributed by atoms with Crippen molar-refractivity contribution in [3.63, 3.8) is 0 Å². The molecule has 0 aliphatic carbocycles. The van der Waals surface area contributed by atoms with Gasteiger partial charge in [0.2, 0.25) is 0 Å². The lowest BCUT2D eigenvalue weighted by molar-refractivity contribution is 0.481. The van der Waals surface area contributed by atoms with Gasteiger partial charge in [-0.15, -0.1) is 5.10 Å². The Balaban J connectivity index is 2.11. The van der Waals surface area contributed by atoms with Gasteiger partial charge in [0.05, 0.1) is 11.9 Å². The van der Waals surface area contributed by atoms with E-state index in [2.05, 4.69) is 35.8 Å². The highest BCUT2D eigenvalue weighted by molar-refractivity contribution is 4.93. The van der Waals surface area contributed by atoms with Gasteiger partial charge in [-0.05, 0) is 18.8 Å². The zero-order valence-corrected chi connectivity index (χ0v) is 11.7. The molecular formula is C14H27N3. The van der Waals surface area contributed by atoms with E-state index in [4.69, 9.17) is 0 Å². The van der Waals surface area contributed by atoms with E-state index >= 15 is 0 Å². The van der Waals surface area contributed by atoms with Crippen LogP contribution in [0.1, 0.15) is 65.0 Å². The number of aryl methyl sites for hydroxylation is 2. The molecule has 17 heavy (non-hydrogen) atoms. The highest BCUT2D eigenvalue weighted by atomic mass is 15.4. The number of rotatable bonds is 9. The molecule has 0 radical (unpaired) electrons. The zero-order chi connectivity index (χ0) is 12.5. The van der Waals surface area contributed by atoms with Crippen LogP contribution in [0.15, 0.2) is 6.20 Å². The minimum Gasteiger partial charge on any atom is -0.249 e. The van der Waals surface area contributed by atoms with E-state index < -0.39 is 0 Å². The fourth-order valence-corrected chi connectivity index (χ4v) is 2.08. The van der Waals surface area contributed by atoms with E-state index in [0.717, 1.165) is 18.9 Å². The third-order valence-corrected chi connectivity index (χ3v) is 3.11. The van der Waals surface area contributed by atoms with Gasteiger partial charge >= 0.3 is 0 Å². The first-order chi connectivity index (χ1) is 8.24. The van der Waals surface area contributed by atoms with Crippen LogP contribution < -0.4 is 0 Å². The number of unbranched alkanes of at least 4 members (excludes halogenated alkanes) is 3. The topological polar surface area (TPSA) is 30.7 Å². The molecule has 0 saturated heterocycles. The van der Waals surface area contributed by atoms with Gasteiger partial charge < -0.3 is 0 Å². The Kier molecular flexibility index (Phi) is 6.90. The highest BCUT2D eigenvalue weighted by Gasteiger charge is 2.02. The second kappa shape index (κ2) is 8.26. The average Bonchev–Trinajstić information content (AvgIpc) is 2.71. The lowest BCUT2D eigenvalue weighted by atomic mass is 10.0. The van der Waals surface area contributed by atoms with Gasteiger partial charge in [0, 0.05) is 6.54 Å². The van der Waals surface area contributed by atoms with Crippen molar-refractivity contribution in [2.24, 2.45) is 5.92 Å². The summed E-state index contributed by atoms with van der Waals surface area (Å²) in [5, 5.41) is 8.14. The number of aromatic nitrogens is 3. The fourth-order valence-electron chi connectivity index (χ4n) is 2.08. The normalized spacial score (nSPS) is 11.3. The van der Waals surface area contributed by atoms with E-state index in [1.807, 2.05) is 6.20 Å². The molecule has 0 unspecified atom stereocenters. The van der Waals surface area contributed by atoms with E-state index in [-0.39, 0.29) is 0 Å². The van der Waals surface area contributed by atoms with Gasteiger partial charge in [-0.25, -0.2) is 4.68 Å². The molecule has 0 atom stereocenters. The van der Waals surface area contributed by atoms with Crippen LogP contribution in [0.4, 0.5) is 0 Å². The second-order valence-corrected chi connectivity index (χ2v) is 5.30. The monoisotopic (exact) mass is 237 g/mol. The van der Waals surface area contributed by atoms with Crippen LogP contribution in [-0.2, 0) is 13.0 Å². The van der Waals surface area contributed by atoms with E-state index in [1.54, 1.807) is 0 Å². The van der Waals surface area contributed by atoms with Gasteiger partial charge in [-0.2, -0.15) is 0 Å². The van der Waals surface area contributed by atoms with Crippen molar-refractivity contribution < 1.29 is 0 Å². The molecule has 98 valence electrons. The molecule has 0 amide bonds. The van der Waals surface area contributed by atoms with E-state index in [9.17, 15) is 0 Å². The molecule has 1 aromatic rings. The molecule has 0 aliphatic heterocycles. The molecule has 0 aliphatic rings. The summed E-state index contributed by atoms with van der Waals surface area (Å²) in [5.74, 6) is 0.849. The van der Waals surface area contributed by atoms with E-state index in [1.165, 1.54) is 44.2 Å². The molecule has 0 saturated carbocycles. The molecule has 3 nitrogen and oxygen atoms in total. The van der Waals surface area contributed by atoms with Gasteiger partial charge in [-0.3, -0.25) is 0 Å². The zero-order valence-electron chi connectivity index (χ0n) is 11.7. The Hall–Kier alpha value is -0.860. The first-order valence-corrected chi connectivity index (χ1v) is 7.11. The summed E-state index contributed by atoms with van der Waals surface area (Å²) in [7, 11) is 0. The van der Waals surface area contributed by atoms with Crippen LogP contribution in [0.25, 0.3) is 0 Å². The van der Waals surface area contributed by atoms with Crippen LogP contribution in [0.5, 0.6) is 0 Å². The van der Waals surface area contributed by atoms with Crippen molar-refractivity contribution in [2.75, 3.05) is 0 Å². The molecule has 0 aromatic carbocycles. The van der Waals surface area contributed by atoms with Crippen LogP contribution in [-0.4, -0.2) is 15.0 Å². The van der Waals surface area contributed by atoms with Crippen LogP contribution in [0, 0.1) is 5.92 Å². The van der Waals surface area contributed by atoms with Gasteiger partial charge in [0.1, 0.15) is 0 Å². The quantitative estimate of drug-likeness (QED) is 0.611. The Morgan fingerprint density at radius 2 is 1.94 bits per heavy atom. The molecule has 1 rings (SSSR count). The standard InChI is InChI=1S/C14H27N3/c1-4-9-14-12-15-16-17(14)11-8-6-5-7-10-13(2)3/h12-13H,4-11H2,1-3H3. The summed E-state index contributed by atoms with van der Waals surface area (Å²) in [6.07, 6.45) is 10.8. The highest BCUT2D eigenvalue weighted by Crippen LogP contribution is 2.10. The summed E-state index contributed by atoms with van der Waals surface area (Å²) >= 11 is 0. The fraction of sp³-hybridized carbons (Fsp3) is 0.857. The lowest BCUT2D eigenvalue weighted by Gasteiger charge is -2.06. The Morgan fingerprint density at radius 1 is 1.18 bits per heavy atom. The molecule has 0 N–H and O–H groups in total. The van der Waals surface area contributed by atoms with Crippen LogP contribution in [0.3, 0.4) is 0 Å². The molecule has 1 aromatic heterocycles. The lowest BCUT2D eigenvalue weighted by Crippen LogP contribution is -2.05. The minimum atomic E-state index is 0.849. The van der Waals surface area contributed by atoms with E-state index in [0.29, 0.717) is 0 Å². The third-order valence-electron chi connectivity index (χ3n) is 3.11. The molecule has 0 bridgehead atoms. The minimum absolute atomic E-state index is 0.849. The predicted octanol–water partition coefficient (Wildman–Crippen LogP) is 3.84. The Labute approximate surface area is 106 Å². The van der Waals surface area contributed by atoms with Crippen molar-refractivity contribution in [1.82, 2.24) is 15.0 Å². The smallest absolute Gasteiger partial charge is 0.0725 e. The SMILES string of the molecule is CCCc1cnnn1CCCCCCC(C)C. The second-order valence-electron chi connectivity index (χ2n) is 5.30. The van der Waals surface area contributed by atoms with Crippen molar-refractivity contribution in [1.29, 1.82) is 0 Å². The molecule has 0 fully saturated rings. The summed E-state index contributed by atoms with van der Waals surface area (Å²) in [5.41, 5.74) is 1.29. The molecule has 1 heterocycles. The summed E-state index contributed by atoms with van der Waals surface area (Å²) in [6.45, 7) is 7.83. The number of hydrogen-bond donors (Lipinski definition) is 0. The van der Waals surface area contributed by atoms with Crippen molar-refractivity contribution in [3.05, 3.63) is 11.9 Å². The van der Waals surface area contributed by atoms with Crippen LogP contribution >= 0.6 is 0 Å². The maximum absolute atomic E-state index is 4.15. The molecular weight excluding hydrogens is 210 g/mol. The average molecular weight is 237 g/mol. The first kappa shape index (κ1) is 14.2. The molecule has 0 spiro atoms. The summed E-state index contributed by atoms with van der Waals surface area (Å²) < 4.78 is 2.08. The maximum Gasteiger partial charge on any atom is 0.0725 e. The van der Waals surface area contributed by atoms with Crippen molar-refractivity contribution >= 4 is 0 Å². The largest absolute Gasteiger partial charge is 0.249 e. The summed E-state index contributed by atoms with van der Waals surface area (Å²) in [6, 6.07) is 0. The maximum atomic E-state index is 4.15. The van der Waals surface area contributed by atoms with Gasteiger partial charge in [-0.1, -0.05) is 58.1 Å². The third kappa shape index (κ3) is 5.85. The number of hydrogen-bond acceptors (Lipinski definition) is 2. The van der Waals surface area contributed by atoms with Crippen LogP contribution in [0.2, 0.25) is 0 Å².